The van der Waals surface area contributed by atoms with Crippen molar-refractivity contribution < 1.29 is 28.3 Å². The van der Waals surface area contributed by atoms with Crippen molar-refractivity contribution in [2.75, 3.05) is 18.5 Å². The Morgan fingerprint density at radius 1 is 1.11 bits per heavy atom. The average Bonchev–Trinajstić information content (AvgIpc) is 2.96. The summed E-state index contributed by atoms with van der Waals surface area (Å²) < 4.78 is 16.0. The lowest BCUT2D eigenvalue weighted by atomic mass is 10.1. The molecule has 1 heterocycles. The van der Waals surface area contributed by atoms with E-state index in [1.165, 1.54) is 6.92 Å². The normalized spacial score (nSPS) is 10.4. The molecule has 144 valence electrons. The van der Waals surface area contributed by atoms with Crippen molar-refractivity contribution in [2.45, 2.75) is 34.1 Å². The minimum atomic E-state index is -0.730. The number of carbonyl (C=O) groups excluding carboxylic acids is 3. The number of carbonyl (C=O) groups is 3. The number of nitrogens with one attached hydrogen (secondary N) is 1. The molecule has 0 aliphatic rings. The third-order valence-corrected chi connectivity index (χ3v) is 3.88. The molecule has 7 nitrogen and oxygen atoms in total. The van der Waals surface area contributed by atoms with Gasteiger partial charge in [-0.3, -0.25) is 14.9 Å². The zero-order valence-electron chi connectivity index (χ0n) is 15.9. The van der Waals surface area contributed by atoms with Crippen molar-refractivity contribution in [2.24, 2.45) is 0 Å². The molecule has 0 atom stereocenters. The largest absolute Gasteiger partial charge is 0.483 e. The van der Waals surface area contributed by atoms with Gasteiger partial charge in [0.25, 0.3) is 5.91 Å². The van der Waals surface area contributed by atoms with E-state index in [1.807, 2.05) is 25.1 Å². The fourth-order valence-corrected chi connectivity index (χ4v) is 2.70. The highest BCUT2D eigenvalue weighted by molar-refractivity contribution is 6.10. The Balaban J connectivity index is 2.18. The van der Waals surface area contributed by atoms with Crippen LogP contribution in [0, 0.1) is 6.92 Å². The molecule has 0 spiro atoms. The minimum absolute atomic E-state index is 0.0795. The standard InChI is InChI=1S/C20H23NO6/c1-5-14-9-7-8-10-15(14)26-11-16(23)21-19-18(20(24)25-6-2)17(12(3)22)13(4)27-19/h7-10H,5-6,11H2,1-4H3,(H,21,23). The number of hydrogen-bond acceptors (Lipinski definition) is 6. The molecule has 0 fully saturated rings. The van der Waals surface area contributed by atoms with Gasteiger partial charge in [0.1, 0.15) is 17.1 Å². The van der Waals surface area contributed by atoms with Crippen molar-refractivity contribution in [3.05, 3.63) is 46.7 Å². The van der Waals surface area contributed by atoms with Gasteiger partial charge in [0.2, 0.25) is 5.88 Å². The molecule has 7 heteroatoms. The van der Waals surface area contributed by atoms with Crippen LogP contribution in [0.5, 0.6) is 5.75 Å². The number of rotatable bonds is 8. The molecule has 2 rings (SSSR count). The van der Waals surface area contributed by atoms with E-state index in [0.717, 1.165) is 12.0 Å². The lowest BCUT2D eigenvalue weighted by Crippen LogP contribution is -2.22. The van der Waals surface area contributed by atoms with Crippen LogP contribution in [-0.2, 0) is 16.0 Å². The number of ether oxygens (including phenoxy) is 2. The van der Waals surface area contributed by atoms with Gasteiger partial charge in [-0.05, 0) is 38.8 Å². The smallest absolute Gasteiger partial charge is 0.344 e. The Bertz CT molecular complexity index is 852. The summed E-state index contributed by atoms with van der Waals surface area (Å²) >= 11 is 0. The van der Waals surface area contributed by atoms with Crippen LogP contribution >= 0.6 is 0 Å². The first-order chi connectivity index (χ1) is 12.9. The summed E-state index contributed by atoms with van der Waals surface area (Å²) in [5.74, 6) is -0.872. The number of esters is 1. The quantitative estimate of drug-likeness (QED) is 0.562. The first kappa shape index (κ1) is 20.2. The third-order valence-electron chi connectivity index (χ3n) is 3.88. The number of Topliss-reactive ketones (excluding diaryl/α,β-unsaturated/α-hetero) is 1. The number of hydrogen-bond donors (Lipinski definition) is 1. The second-order valence-electron chi connectivity index (χ2n) is 5.81. The zero-order valence-corrected chi connectivity index (χ0v) is 15.9. The van der Waals surface area contributed by atoms with Crippen molar-refractivity contribution in [3.8, 4) is 5.75 Å². The van der Waals surface area contributed by atoms with Gasteiger partial charge < -0.3 is 13.9 Å². The summed E-state index contributed by atoms with van der Waals surface area (Å²) in [4.78, 5) is 36.4. The molecule has 2 aromatic rings. The molecule has 1 aromatic carbocycles. The van der Waals surface area contributed by atoms with E-state index in [1.54, 1.807) is 19.9 Å². The molecule has 0 saturated carbocycles. The maximum atomic E-state index is 12.3. The maximum Gasteiger partial charge on any atom is 0.344 e. The van der Waals surface area contributed by atoms with E-state index in [9.17, 15) is 14.4 Å². The van der Waals surface area contributed by atoms with E-state index in [2.05, 4.69) is 5.32 Å². The summed E-state index contributed by atoms with van der Waals surface area (Å²) in [6.07, 6.45) is 0.768. The molecule has 1 N–H and O–H groups in total. The van der Waals surface area contributed by atoms with Crippen molar-refractivity contribution in [1.29, 1.82) is 0 Å². The molecule has 27 heavy (non-hydrogen) atoms. The van der Waals surface area contributed by atoms with Crippen LogP contribution in [0.2, 0.25) is 0 Å². The fourth-order valence-electron chi connectivity index (χ4n) is 2.70. The molecule has 1 amide bonds. The number of furan rings is 1. The highest BCUT2D eigenvalue weighted by Gasteiger charge is 2.28. The molecule has 0 aliphatic carbocycles. The van der Waals surface area contributed by atoms with Gasteiger partial charge in [-0.25, -0.2) is 4.79 Å². The van der Waals surface area contributed by atoms with Crippen LogP contribution in [0.1, 0.15) is 52.8 Å². The predicted molar refractivity (Wildman–Crippen MR) is 99.4 cm³/mol. The summed E-state index contributed by atoms with van der Waals surface area (Å²) in [6.45, 7) is 6.36. The van der Waals surface area contributed by atoms with Crippen LogP contribution in [0.4, 0.5) is 5.88 Å². The Morgan fingerprint density at radius 3 is 2.44 bits per heavy atom. The Morgan fingerprint density at radius 2 is 1.81 bits per heavy atom. The van der Waals surface area contributed by atoms with Gasteiger partial charge in [0.05, 0.1) is 12.2 Å². The number of benzene rings is 1. The molecule has 0 aliphatic heterocycles. The van der Waals surface area contributed by atoms with Crippen molar-refractivity contribution in [3.63, 3.8) is 0 Å². The lowest BCUT2D eigenvalue weighted by molar-refractivity contribution is -0.118. The van der Waals surface area contributed by atoms with Crippen LogP contribution in [0.25, 0.3) is 0 Å². The monoisotopic (exact) mass is 373 g/mol. The number of anilines is 1. The average molecular weight is 373 g/mol. The van der Waals surface area contributed by atoms with E-state index in [0.29, 0.717) is 5.75 Å². The molecule has 0 radical (unpaired) electrons. The predicted octanol–water partition coefficient (Wildman–Crippen LogP) is 3.55. The first-order valence-electron chi connectivity index (χ1n) is 8.70. The molecule has 0 unspecified atom stereocenters. The van der Waals surface area contributed by atoms with Crippen LogP contribution in [0.3, 0.4) is 0 Å². The van der Waals surface area contributed by atoms with Gasteiger partial charge in [-0.2, -0.15) is 0 Å². The van der Waals surface area contributed by atoms with E-state index in [-0.39, 0.29) is 41.8 Å². The summed E-state index contributed by atoms with van der Waals surface area (Å²) in [5, 5.41) is 2.49. The molecular weight excluding hydrogens is 350 g/mol. The third kappa shape index (κ3) is 4.75. The molecular formula is C20H23NO6. The number of para-hydroxylation sites is 1. The van der Waals surface area contributed by atoms with Crippen LogP contribution < -0.4 is 10.1 Å². The summed E-state index contributed by atoms with van der Waals surface area (Å²) in [6, 6.07) is 7.41. The zero-order chi connectivity index (χ0) is 20.0. The van der Waals surface area contributed by atoms with Crippen LogP contribution in [-0.4, -0.2) is 30.9 Å². The number of ketones is 1. The van der Waals surface area contributed by atoms with Crippen LogP contribution in [0.15, 0.2) is 28.7 Å². The molecule has 0 bridgehead atoms. The number of aryl methyl sites for hydroxylation is 2. The van der Waals surface area contributed by atoms with Crippen molar-refractivity contribution in [1.82, 2.24) is 0 Å². The van der Waals surface area contributed by atoms with E-state index in [4.69, 9.17) is 13.9 Å². The summed E-state index contributed by atoms with van der Waals surface area (Å²) in [5.41, 5.74) is 0.996. The van der Waals surface area contributed by atoms with E-state index >= 15 is 0 Å². The Hall–Kier alpha value is -3.09. The Kier molecular flexibility index (Phi) is 6.76. The van der Waals surface area contributed by atoms with E-state index < -0.39 is 11.9 Å². The SMILES string of the molecule is CCOC(=O)c1c(NC(=O)COc2ccccc2CC)oc(C)c1C(C)=O. The van der Waals surface area contributed by atoms with Gasteiger partial charge in [0, 0.05) is 0 Å². The second-order valence-corrected chi connectivity index (χ2v) is 5.81. The van der Waals surface area contributed by atoms with Gasteiger partial charge in [0.15, 0.2) is 12.4 Å². The second kappa shape index (κ2) is 9.02. The molecule has 1 aromatic heterocycles. The first-order valence-corrected chi connectivity index (χ1v) is 8.70. The Labute approximate surface area is 157 Å². The number of amides is 1. The maximum absolute atomic E-state index is 12.3. The lowest BCUT2D eigenvalue weighted by Gasteiger charge is -2.10. The highest BCUT2D eigenvalue weighted by Crippen LogP contribution is 2.28. The topological polar surface area (TPSA) is 94.8 Å². The minimum Gasteiger partial charge on any atom is -0.483 e. The van der Waals surface area contributed by atoms with Gasteiger partial charge in [-0.15, -0.1) is 0 Å². The summed E-state index contributed by atoms with van der Waals surface area (Å²) in [7, 11) is 0. The van der Waals surface area contributed by atoms with Crippen molar-refractivity contribution >= 4 is 23.5 Å². The van der Waals surface area contributed by atoms with Gasteiger partial charge >= 0.3 is 5.97 Å². The fraction of sp³-hybridized carbons (Fsp3) is 0.350. The highest BCUT2D eigenvalue weighted by atomic mass is 16.5. The molecule has 0 saturated heterocycles. The van der Waals surface area contributed by atoms with Gasteiger partial charge in [-0.1, -0.05) is 25.1 Å².